The van der Waals surface area contributed by atoms with E-state index in [-0.39, 0.29) is 0 Å². The summed E-state index contributed by atoms with van der Waals surface area (Å²) in [5, 5.41) is 2.05. The number of allylic oxidation sites excluding steroid dienone is 2. The zero-order valence-electron chi connectivity index (χ0n) is 6.11. The normalized spacial score (nSPS) is 23.2. The average Bonchev–Trinajstić information content (AvgIpc) is 2.06. The summed E-state index contributed by atoms with van der Waals surface area (Å²) in [5.41, 5.74) is 0. The van der Waals surface area contributed by atoms with E-state index in [2.05, 4.69) is 10.0 Å². The number of rotatable bonds is 2. The molecular formula is C6H10N2O2S. The molecule has 0 aromatic heterocycles. The highest BCUT2D eigenvalue weighted by molar-refractivity contribution is 7.90. The van der Waals surface area contributed by atoms with Crippen LogP contribution in [0.3, 0.4) is 0 Å². The first-order chi connectivity index (χ1) is 5.17. The highest BCUT2D eigenvalue weighted by atomic mass is 32.2. The molecule has 0 aliphatic carbocycles. The van der Waals surface area contributed by atoms with E-state index in [0.717, 1.165) is 0 Å². The van der Waals surface area contributed by atoms with Gasteiger partial charge >= 0.3 is 0 Å². The third-order valence-corrected chi connectivity index (χ3v) is 2.90. The first kappa shape index (κ1) is 8.29. The average molecular weight is 174 g/mol. The predicted octanol–water partition coefficient (Wildman–Crippen LogP) is -0.465. The SMILES string of the molecule is CNS(=O)(=O)C1C=CC=CN1. The number of hydrogen-bond acceptors (Lipinski definition) is 3. The fraction of sp³-hybridized carbons (Fsp3) is 0.333. The van der Waals surface area contributed by atoms with E-state index in [4.69, 9.17) is 0 Å². The zero-order chi connectivity index (χ0) is 8.32. The van der Waals surface area contributed by atoms with Gasteiger partial charge in [0.05, 0.1) is 0 Å². The second-order valence-corrected chi connectivity index (χ2v) is 4.09. The molecule has 0 amide bonds. The second kappa shape index (κ2) is 3.06. The van der Waals surface area contributed by atoms with Crippen molar-refractivity contribution in [2.75, 3.05) is 7.05 Å². The number of dihydropyridines is 1. The molecule has 0 saturated heterocycles. The van der Waals surface area contributed by atoms with Crippen molar-refractivity contribution >= 4 is 10.0 Å². The van der Waals surface area contributed by atoms with Crippen LogP contribution in [0.15, 0.2) is 24.4 Å². The van der Waals surface area contributed by atoms with Crippen molar-refractivity contribution in [3.8, 4) is 0 Å². The van der Waals surface area contributed by atoms with Gasteiger partial charge in [0.2, 0.25) is 10.0 Å². The maximum absolute atomic E-state index is 11.1. The van der Waals surface area contributed by atoms with Crippen molar-refractivity contribution in [2.45, 2.75) is 5.37 Å². The van der Waals surface area contributed by atoms with E-state index in [1.165, 1.54) is 7.05 Å². The lowest BCUT2D eigenvalue weighted by atomic mass is 10.4. The van der Waals surface area contributed by atoms with Crippen molar-refractivity contribution in [2.24, 2.45) is 0 Å². The standard InChI is InChI=1S/C6H10N2O2S/c1-7-11(9,10)6-4-2-3-5-8-6/h2-8H,1H3. The summed E-state index contributed by atoms with van der Waals surface area (Å²) in [6, 6.07) is 0. The molecule has 0 bridgehead atoms. The van der Waals surface area contributed by atoms with E-state index in [1.54, 1.807) is 24.4 Å². The van der Waals surface area contributed by atoms with Crippen LogP contribution in [0.2, 0.25) is 0 Å². The summed E-state index contributed by atoms with van der Waals surface area (Å²) in [7, 11) is -1.83. The number of hydrogen-bond donors (Lipinski definition) is 2. The molecule has 0 saturated carbocycles. The summed E-state index contributed by atoms with van der Waals surface area (Å²) in [6.45, 7) is 0. The molecule has 11 heavy (non-hydrogen) atoms. The fourth-order valence-electron chi connectivity index (χ4n) is 0.747. The Morgan fingerprint density at radius 1 is 1.45 bits per heavy atom. The van der Waals surface area contributed by atoms with Gasteiger partial charge in [-0.05, 0) is 25.4 Å². The highest BCUT2D eigenvalue weighted by Gasteiger charge is 2.19. The van der Waals surface area contributed by atoms with E-state index in [0.29, 0.717) is 0 Å². The molecule has 0 radical (unpaired) electrons. The van der Waals surface area contributed by atoms with Crippen molar-refractivity contribution in [1.29, 1.82) is 0 Å². The van der Waals surface area contributed by atoms with Gasteiger partial charge in [-0.3, -0.25) is 0 Å². The van der Waals surface area contributed by atoms with Crippen LogP contribution in [-0.2, 0) is 10.0 Å². The van der Waals surface area contributed by atoms with Gasteiger partial charge in [-0.1, -0.05) is 6.08 Å². The molecule has 2 N–H and O–H groups in total. The topological polar surface area (TPSA) is 58.2 Å². The van der Waals surface area contributed by atoms with Gasteiger partial charge in [0, 0.05) is 0 Å². The minimum absolute atomic E-state index is 0.641. The Morgan fingerprint density at radius 2 is 2.18 bits per heavy atom. The molecule has 62 valence electrons. The molecule has 0 spiro atoms. The highest BCUT2D eigenvalue weighted by Crippen LogP contribution is 2.00. The Kier molecular flexibility index (Phi) is 2.31. The predicted molar refractivity (Wildman–Crippen MR) is 43.2 cm³/mol. The molecule has 1 unspecified atom stereocenters. The Morgan fingerprint density at radius 3 is 2.64 bits per heavy atom. The van der Waals surface area contributed by atoms with Gasteiger partial charge in [-0.25, -0.2) is 13.1 Å². The van der Waals surface area contributed by atoms with Crippen LogP contribution >= 0.6 is 0 Å². The lowest BCUT2D eigenvalue weighted by Crippen LogP contribution is -2.39. The summed E-state index contributed by atoms with van der Waals surface area (Å²) < 4.78 is 24.4. The molecular weight excluding hydrogens is 164 g/mol. The van der Waals surface area contributed by atoms with Crippen molar-refractivity contribution < 1.29 is 8.42 Å². The van der Waals surface area contributed by atoms with Crippen LogP contribution in [0.1, 0.15) is 0 Å². The summed E-state index contributed by atoms with van der Waals surface area (Å²) >= 11 is 0. The Balaban J connectivity index is 2.78. The van der Waals surface area contributed by atoms with E-state index in [1.807, 2.05) is 0 Å². The first-order valence-electron chi connectivity index (χ1n) is 3.18. The monoisotopic (exact) mass is 174 g/mol. The molecule has 0 aromatic rings. The molecule has 4 nitrogen and oxygen atoms in total. The molecule has 5 heteroatoms. The minimum Gasteiger partial charge on any atom is -0.371 e. The first-order valence-corrected chi connectivity index (χ1v) is 4.73. The van der Waals surface area contributed by atoms with Gasteiger partial charge in [-0.2, -0.15) is 0 Å². The lowest BCUT2D eigenvalue weighted by Gasteiger charge is -2.14. The van der Waals surface area contributed by atoms with Crippen LogP contribution in [0.5, 0.6) is 0 Å². The van der Waals surface area contributed by atoms with Crippen molar-refractivity contribution in [3.05, 3.63) is 24.4 Å². The van der Waals surface area contributed by atoms with Crippen LogP contribution in [0.25, 0.3) is 0 Å². The number of sulfonamides is 1. The Bertz CT molecular complexity index is 279. The smallest absolute Gasteiger partial charge is 0.236 e. The quantitative estimate of drug-likeness (QED) is 0.595. The molecule has 1 aliphatic rings. The summed E-state index contributed by atoms with van der Waals surface area (Å²) in [6.07, 6.45) is 6.60. The van der Waals surface area contributed by atoms with Crippen LogP contribution < -0.4 is 10.0 Å². The molecule has 1 aliphatic heterocycles. The Hall–Kier alpha value is -0.810. The molecule has 1 heterocycles. The largest absolute Gasteiger partial charge is 0.371 e. The fourth-order valence-corrected chi connectivity index (χ4v) is 1.56. The molecule has 0 fully saturated rings. The third kappa shape index (κ3) is 1.81. The Labute approximate surface area is 66.0 Å². The molecule has 1 atom stereocenters. The van der Waals surface area contributed by atoms with Gasteiger partial charge < -0.3 is 5.32 Å². The van der Waals surface area contributed by atoms with Gasteiger partial charge in [0.15, 0.2) is 5.37 Å². The van der Waals surface area contributed by atoms with Crippen LogP contribution in [-0.4, -0.2) is 20.8 Å². The van der Waals surface area contributed by atoms with Crippen LogP contribution in [0.4, 0.5) is 0 Å². The van der Waals surface area contributed by atoms with E-state index < -0.39 is 15.4 Å². The van der Waals surface area contributed by atoms with Crippen molar-refractivity contribution in [1.82, 2.24) is 10.0 Å². The maximum atomic E-state index is 11.1. The second-order valence-electron chi connectivity index (χ2n) is 2.08. The van der Waals surface area contributed by atoms with Gasteiger partial charge in [-0.15, -0.1) is 0 Å². The van der Waals surface area contributed by atoms with Gasteiger partial charge in [0.25, 0.3) is 0 Å². The molecule has 0 aromatic carbocycles. The zero-order valence-corrected chi connectivity index (χ0v) is 6.93. The minimum atomic E-state index is -3.22. The maximum Gasteiger partial charge on any atom is 0.236 e. The third-order valence-electron chi connectivity index (χ3n) is 1.37. The van der Waals surface area contributed by atoms with Crippen LogP contribution in [0, 0.1) is 0 Å². The van der Waals surface area contributed by atoms with Gasteiger partial charge in [0.1, 0.15) is 0 Å². The van der Waals surface area contributed by atoms with E-state index >= 15 is 0 Å². The lowest BCUT2D eigenvalue weighted by molar-refractivity contribution is 0.574. The summed E-state index contributed by atoms with van der Waals surface area (Å²) in [5.74, 6) is 0. The van der Waals surface area contributed by atoms with E-state index in [9.17, 15) is 8.42 Å². The molecule has 1 rings (SSSR count). The summed E-state index contributed by atoms with van der Waals surface area (Å²) in [4.78, 5) is 0. The number of nitrogens with one attached hydrogen (secondary N) is 2. The van der Waals surface area contributed by atoms with Crippen molar-refractivity contribution in [3.63, 3.8) is 0 Å².